The standard InChI is InChI=1S/2C14H22NP.2ClH.Pd/c2*1-12(2)16(13(3)4)11-7-9-14-8-5-6-10-15-14;;;/h2*5-8,10-13H,9H2,1-4H3;2*1H;/q;;;;+2/p-2. The van der Waals surface area contributed by atoms with Crippen molar-refractivity contribution in [2.24, 2.45) is 0 Å². The quantitative estimate of drug-likeness (QED) is 0.293. The van der Waals surface area contributed by atoms with E-state index in [2.05, 4.69) is 101 Å². The number of hydrogen-bond donors (Lipinski definition) is 0. The van der Waals surface area contributed by atoms with Crippen LogP contribution in [0.25, 0.3) is 0 Å². The van der Waals surface area contributed by atoms with Gasteiger partial charge in [-0.3, -0.25) is 9.97 Å². The van der Waals surface area contributed by atoms with E-state index >= 15 is 0 Å². The summed E-state index contributed by atoms with van der Waals surface area (Å²) in [6, 6.07) is 12.2. The van der Waals surface area contributed by atoms with Gasteiger partial charge in [-0.2, -0.15) is 0 Å². The molecular formula is C28H44Cl2N2P2Pd. The van der Waals surface area contributed by atoms with E-state index < -0.39 is 0 Å². The third-order valence-corrected chi connectivity index (χ3v) is 10.9. The average molecular weight is 648 g/mol. The van der Waals surface area contributed by atoms with Crippen molar-refractivity contribution in [3.63, 3.8) is 0 Å². The van der Waals surface area contributed by atoms with Crippen LogP contribution in [0.4, 0.5) is 0 Å². The van der Waals surface area contributed by atoms with E-state index in [0.717, 1.165) is 46.9 Å². The molecule has 0 atom stereocenters. The van der Waals surface area contributed by atoms with E-state index in [9.17, 15) is 0 Å². The van der Waals surface area contributed by atoms with Crippen molar-refractivity contribution in [2.45, 2.75) is 90.9 Å². The van der Waals surface area contributed by atoms with E-state index in [1.807, 2.05) is 36.7 Å². The van der Waals surface area contributed by atoms with E-state index in [0.29, 0.717) is 0 Å². The molecule has 2 nitrogen and oxygen atoms in total. The Bertz CT molecular complexity index is 703. The summed E-state index contributed by atoms with van der Waals surface area (Å²) in [4.78, 5) is 8.64. The Balaban J connectivity index is -0.000000539. The molecule has 0 aliphatic carbocycles. The molecule has 0 aliphatic heterocycles. The second-order valence-electron chi connectivity index (χ2n) is 9.09. The van der Waals surface area contributed by atoms with Gasteiger partial charge in [-0.15, -0.1) is 0 Å². The Morgan fingerprint density at radius 3 is 1.14 bits per heavy atom. The molecule has 0 bridgehead atoms. The molecule has 2 heterocycles. The Hall–Kier alpha value is -0.118. The molecule has 0 spiro atoms. The third kappa shape index (κ3) is 17.9. The van der Waals surface area contributed by atoms with Gasteiger partial charge >= 0.3 is 20.4 Å². The number of nitrogens with zero attached hydrogens (tertiary/aromatic N) is 2. The third-order valence-electron chi connectivity index (χ3n) is 5.05. The zero-order valence-corrected chi connectivity index (χ0v) is 27.4. The van der Waals surface area contributed by atoms with E-state index in [1.54, 1.807) is 0 Å². The maximum atomic E-state index is 4.32. The Kier molecular flexibility index (Phi) is 25.9. The van der Waals surface area contributed by atoms with Crippen LogP contribution in [0.2, 0.25) is 0 Å². The van der Waals surface area contributed by atoms with Gasteiger partial charge in [0.25, 0.3) is 0 Å². The minimum Gasteiger partial charge on any atom is -1.00 e. The molecule has 2 aromatic rings. The van der Waals surface area contributed by atoms with E-state index in [4.69, 9.17) is 0 Å². The summed E-state index contributed by atoms with van der Waals surface area (Å²) in [5.41, 5.74) is 5.40. The maximum absolute atomic E-state index is 4.32. The van der Waals surface area contributed by atoms with Gasteiger partial charge < -0.3 is 24.8 Å². The number of allylic oxidation sites excluding steroid dienone is 2. The number of hydrogen-bond acceptors (Lipinski definition) is 2. The fourth-order valence-electron chi connectivity index (χ4n) is 3.51. The predicted octanol–water partition coefficient (Wildman–Crippen LogP) is 2.88. The number of aromatic nitrogens is 2. The number of rotatable bonds is 10. The zero-order valence-electron chi connectivity index (χ0n) is 22.5. The van der Waals surface area contributed by atoms with Gasteiger partial charge in [0.1, 0.15) is 0 Å². The van der Waals surface area contributed by atoms with Crippen LogP contribution in [0.15, 0.2) is 72.6 Å². The molecule has 7 heteroatoms. The SMILES string of the molecule is CC(C)P(C=CCc1ccccn1)C(C)C.CC(C)P(C=CCc1ccccn1)C(C)C.[Cl-].[Cl-].[Pd+2]. The first-order valence-corrected chi connectivity index (χ1v) is 15.0. The summed E-state index contributed by atoms with van der Waals surface area (Å²) in [7, 11) is 0.0335. The van der Waals surface area contributed by atoms with Crippen molar-refractivity contribution in [3.05, 3.63) is 84.0 Å². The molecule has 200 valence electrons. The first kappa shape index (κ1) is 39.4. The van der Waals surface area contributed by atoms with Gasteiger partial charge in [-0.1, -0.05) is 107 Å². The Morgan fingerprint density at radius 1 is 0.600 bits per heavy atom. The van der Waals surface area contributed by atoms with Crippen LogP contribution in [-0.4, -0.2) is 32.6 Å². The molecule has 0 fully saturated rings. The summed E-state index contributed by atoms with van der Waals surface area (Å²) in [6.45, 7) is 18.5. The van der Waals surface area contributed by atoms with Crippen LogP contribution in [0.5, 0.6) is 0 Å². The summed E-state index contributed by atoms with van der Waals surface area (Å²) < 4.78 is 0. The molecular weight excluding hydrogens is 604 g/mol. The van der Waals surface area contributed by atoms with Crippen molar-refractivity contribution < 1.29 is 45.2 Å². The zero-order chi connectivity index (χ0) is 23.9. The second-order valence-corrected chi connectivity index (χ2v) is 15.6. The topological polar surface area (TPSA) is 25.8 Å². The summed E-state index contributed by atoms with van der Waals surface area (Å²) in [6.07, 6.45) is 10.2. The molecule has 0 amide bonds. The van der Waals surface area contributed by atoms with Gasteiger partial charge in [0, 0.05) is 36.6 Å². The fourth-order valence-corrected chi connectivity index (χ4v) is 7.97. The summed E-state index contributed by atoms with van der Waals surface area (Å²) in [5.74, 6) is 4.83. The Labute approximate surface area is 244 Å². The maximum Gasteiger partial charge on any atom is 2.00 e. The monoisotopic (exact) mass is 646 g/mol. The van der Waals surface area contributed by atoms with Gasteiger partial charge in [-0.25, -0.2) is 0 Å². The average Bonchev–Trinajstić information content (AvgIpc) is 2.75. The van der Waals surface area contributed by atoms with E-state index in [-0.39, 0.29) is 61.1 Å². The van der Waals surface area contributed by atoms with Gasteiger partial charge in [0.2, 0.25) is 0 Å². The predicted molar refractivity (Wildman–Crippen MR) is 149 cm³/mol. The van der Waals surface area contributed by atoms with E-state index in [1.165, 1.54) is 0 Å². The molecule has 0 radical (unpaired) electrons. The van der Waals surface area contributed by atoms with Gasteiger partial charge in [0.15, 0.2) is 0 Å². The largest absolute Gasteiger partial charge is 2.00 e. The first-order valence-electron chi connectivity index (χ1n) is 11.9. The smallest absolute Gasteiger partial charge is 1.00 e. The first-order chi connectivity index (χ1) is 15.2. The molecule has 0 saturated carbocycles. The molecule has 35 heavy (non-hydrogen) atoms. The van der Waals surface area contributed by atoms with Crippen LogP contribution in [0.1, 0.15) is 66.8 Å². The fraction of sp³-hybridized carbons (Fsp3) is 0.500. The summed E-state index contributed by atoms with van der Waals surface area (Å²) in [5, 5.41) is 0. The van der Waals surface area contributed by atoms with Crippen molar-refractivity contribution in [1.82, 2.24) is 9.97 Å². The van der Waals surface area contributed by atoms with Gasteiger partial charge in [-0.05, 0) is 46.9 Å². The summed E-state index contributed by atoms with van der Waals surface area (Å²) >= 11 is 0. The molecule has 0 saturated heterocycles. The van der Waals surface area contributed by atoms with Crippen LogP contribution in [-0.2, 0) is 33.3 Å². The molecule has 2 rings (SSSR count). The van der Waals surface area contributed by atoms with Gasteiger partial charge in [0.05, 0.1) is 0 Å². The molecule has 0 aromatic carbocycles. The Morgan fingerprint density at radius 2 is 0.914 bits per heavy atom. The van der Waals surface area contributed by atoms with Crippen molar-refractivity contribution in [3.8, 4) is 0 Å². The van der Waals surface area contributed by atoms with Crippen molar-refractivity contribution in [1.29, 1.82) is 0 Å². The molecule has 0 aliphatic rings. The molecule has 0 N–H and O–H groups in total. The molecule has 2 aromatic heterocycles. The number of halogens is 2. The number of pyridine rings is 2. The minimum absolute atomic E-state index is 0. The normalized spacial score (nSPS) is 11.1. The van der Waals surface area contributed by atoms with Crippen molar-refractivity contribution in [2.75, 3.05) is 0 Å². The van der Waals surface area contributed by atoms with Crippen LogP contribution in [0, 0.1) is 0 Å². The second kappa shape index (κ2) is 23.0. The van der Waals surface area contributed by atoms with Crippen LogP contribution < -0.4 is 24.8 Å². The molecule has 0 unspecified atom stereocenters. The van der Waals surface area contributed by atoms with Crippen LogP contribution in [0.3, 0.4) is 0 Å². The van der Waals surface area contributed by atoms with Crippen molar-refractivity contribution >= 4 is 15.8 Å². The van der Waals surface area contributed by atoms with Crippen LogP contribution >= 0.6 is 15.8 Å². The minimum atomic E-state index is 0.